The van der Waals surface area contributed by atoms with Gasteiger partial charge in [0.15, 0.2) is 11.7 Å². The van der Waals surface area contributed by atoms with Crippen LogP contribution < -0.4 is 20.3 Å². The Morgan fingerprint density at radius 3 is 2.39 bits per heavy atom. The third-order valence-corrected chi connectivity index (χ3v) is 4.79. The average Bonchev–Trinajstić information content (AvgIpc) is 3.24. The first-order valence-electron chi connectivity index (χ1n) is 9.12. The first-order chi connectivity index (χ1) is 14.9. The van der Waals surface area contributed by atoms with Gasteiger partial charge in [-0.3, -0.25) is 20.4 Å². The summed E-state index contributed by atoms with van der Waals surface area (Å²) in [7, 11) is 2.96. The summed E-state index contributed by atoms with van der Waals surface area (Å²) in [4.78, 5) is 28.5. The molecular weight excluding hydrogens is 445 g/mol. The Hall–Kier alpha value is -3.23. The van der Waals surface area contributed by atoms with Crippen molar-refractivity contribution in [2.45, 2.75) is 12.8 Å². The van der Waals surface area contributed by atoms with Crippen LogP contribution in [0.15, 0.2) is 47.0 Å². The number of rotatable bonds is 7. The molecular formula is C21H19Cl2N3O5. The third-order valence-electron chi connectivity index (χ3n) is 4.25. The van der Waals surface area contributed by atoms with Crippen molar-refractivity contribution < 1.29 is 23.5 Å². The Labute approximate surface area is 188 Å². The zero-order valence-electron chi connectivity index (χ0n) is 16.7. The van der Waals surface area contributed by atoms with Crippen molar-refractivity contribution in [3.8, 4) is 22.8 Å². The van der Waals surface area contributed by atoms with E-state index in [1.165, 1.54) is 32.5 Å². The number of hydrogen-bond acceptors (Lipinski definition) is 6. The zero-order chi connectivity index (χ0) is 22.4. The van der Waals surface area contributed by atoms with Gasteiger partial charge in [0.05, 0.1) is 25.4 Å². The van der Waals surface area contributed by atoms with Crippen LogP contribution >= 0.6 is 23.2 Å². The van der Waals surface area contributed by atoms with Gasteiger partial charge in [0.1, 0.15) is 11.5 Å². The maximum absolute atomic E-state index is 12.3. The molecule has 2 amide bonds. The van der Waals surface area contributed by atoms with E-state index in [-0.39, 0.29) is 18.4 Å². The number of halogens is 2. The van der Waals surface area contributed by atoms with Gasteiger partial charge in [-0.05, 0) is 30.3 Å². The summed E-state index contributed by atoms with van der Waals surface area (Å²) < 4.78 is 15.9. The number of methoxy groups -OCH3 is 2. The summed E-state index contributed by atoms with van der Waals surface area (Å²) in [5.74, 6) is 0.818. The van der Waals surface area contributed by atoms with Crippen molar-refractivity contribution in [2.24, 2.45) is 0 Å². The largest absolute Gasteiger partial charge is 0.497 e. The number of aryl methyl sites for hydroxylation is 1. The summed E-state index contributed by atoms with van der Waals surface area (Å²) in [5, 5.41) is 0.949. The number of hydrazine groups is 1. The van der Waals surface area contributed by atoms with Crippen LogP contribution in [-0.4, -0.2) is 31.0 Å². The molecule has 162 valence electrons. The minimum absolute atomic E-state index is 0.0516. The van der Waals surface area contributed by atoms with E-state index >= 15 is 0 Å². The second kappa shape index (κ2) is 10.2. The van der Waals surface area contributed by atoms with Crippen molar-refractivity contribution in [1.82, 2.24) is 15.8 Å². The van der Waals surface area contributed by atoms with Crippen LogP contribution in [0.1, 0.15) is 22.7 Å². The summed E-state index contributed by atoms with van der Waals surface area (Å²) in [6.07, 6.45) is 1.82. The quantitative estimate of drug-likeness (QED) is 0.512. The summed E-state index contributed by atoms with van der Waals surface area (Å²) >= 11 is 12.1. The number of oxazole rings is 1. The summed E-state index contributed by atoms with van der Waals surface area (Å²) in [5.41, 5.74) is 5.63. The molecule has 0 fully saturated rings. The van der Waals surface area contributed by atoms with Crippen LogP contribution in [0.5, 0.6) is 11.5 Å². The van der Waals surface area contributed by atoms with E-state index in [1.807, 2.05) is 0 Å². The maximum atomic E-state index is 12.3. The highest BCUT2D eigenvalue weighted by Crippen LogP contribution is 2.30. The number of aromatic nitrogens is 1. The first-order valence-corrected chi connectivity index (χ1v) is 9.87. The van der Waals surface area contributed by atoms with E-state index < -0.39 is 11.8 Å². The van der Waals surface area contributed by atoms with E-state index in [0.717, 1.165) is 0 Å². The topological polar surface area (TPSA) is 103 Å². The first kappa shape index (κ1) is 22.5. The smallest absolute Gasteiger partial charge is 0.269 e. The second-order valence-corrected chi connectivity index (χ2v) is 7.19. The lowest BCUT2D eigenvalue weighted by Crippen LogP contribution is -2.41. The van der Waals surface area contributed by atoms with E-state index in [4.69, 9.17) is 37.1 Å². The zero-order valence-corrected chi connectivity index (χ0v) is 18.2. The molecule has 8 nitrogen and oxygen atoms in total. The molecule has 3 aromatic rings. The van der Waals surface area contributed by atoms with Crippen molar-refractivity contribution >= 4 is 35.0 Å². The Bertz CT molecular complexity index is 1080. The second-order valence-electron chi connectivity index (χ2n) is 6.35. The van der Waals surface area contributed by atoms with Crippen molar-refractivity contribution in [3.05, 3.63) is 64.1 Å². The van der Waals surface area contributed by atoms with Crippen LogP contribution in [0.25, 0.3) is 11.3 Å². The fourth-order valence-electron chi connectivity index (χ4n) is 2.66. The standard InChI is InChI=1S/C21H19Cl2N3O5/c1-29-14-7-12(8-15(10-14)30-2)21(28)26-25-19(27)5-6-20-24-11-18(31-20)16-4-3-13(22)9-17(16)23/h3-4,7-11H,5-6H2,1-2H3,(H,25,27)(H,26,28). The summed E-state index contributed by atoms with van der Waals surface area (Å²) in [6.45, 7) is 0. The lowest BCUT2D eigenvalue weighted by atomic mass is 10.2. The number of carbonyl (C=O) groups is 2. The lowest BCUT2D eigenvalue weighted by molar-refractivity contribution is -0.121. The average molecular weight is 464 g/mol. The number of nitrogens with one attached hydrogen (secondary N) is 2. The molecule has 10 heteroatoms. The van der Waals surface area contributed by atoms with E-state index in [2.05, 4.69) is 15.8 Å². The molecule has 0 aliphatic carbocycles. The van der Waals surface area contributed by atoms with Gasteiger partial charge < -0.3 is 13.9 Å². The van der Waals surface area contributed by atoms with Gasteiger partial charge in [0.25, 0.3) is 5.91 Å². The Morgan fingerprint density at radius 2 is 1.74 bits per heavy atom. The van der Waals surface area contributed by atoms with Crippen LogP contribution in [0.2, 0.25) is 10.0 Å². The predicted molar refractivity (Wildman–Crippen MR) is 115 cm³/mol. The Balaban J connectivity index is 1.53. The fourth-order valence-corrected chi connectivity index (χ4v) is 3.16. The Kier molecular flexibility index (Phi) is 7.38. The molecule has 0 saturated carbocycles. The Morgan fingerprint density at radius 1 is 1.03 bits per heavy atom. The molecule has 2 N–H and O–H groups in total. The normalized spacial score (nSPS) is 10.5. The minimum atomic E-state index is -0.513. The van der Waals surface area contributed by atoms with Gasteiger partial charge in [-0.1, -0.05) is 23.2 Å². The molecule has 0 spiro atoms. The molecule has 0 aliphatic rings. The number of hydrogen-bond donors (Lipinski definition) is 2. The fraction of sp³-hybridized carbons (Fsp3) is 0.190. The van der Waals surface area contributed by atoms with Crippen molar-refractivity contribution in [2.75, 3.05) is 14.2 Å². The molecule has 0 bridgehead atoms. The van der Waals surface area contributed by atoms with E-state index in [1.54, 1.807) is 24.3 Å². The van der Waals surface area contributed by atoms with Crippen LogP contribution in [-0.2, 0) is 11.2 Å². The molecule has 2 aromatic carbocycles. The molecule has 1 aromatic heterocycles. The van der Waals surface area contributed by atoms with Crippen molar-refractivity contribution in [3.63, 3.8) is 0 Å². The monoisotopic (exact) mass is 463 g/mol. The van der Waals surface area contributed by atoms with Gasteiger partial charge in [-0.25, -0.2) is 4.98 Å². The van der Waals surface area contributed by atoms with Gasteiger partial charge in [-0.15, -0.1) is 0 Å². The number of benzene rings is 2. The molecule has 0 aliphatic heterocycles. The molecule has 3 rings (SSSR count). The predicted octanol–water partition coefficient (Wildman–Crippen LogP) is 4.06. The van der Waals surface area contributed by atoms with Gasteiger partial charge >= 0.3 is 0 Å². The third kappa shape index (κ3) is 5.90. The number of nitrogens with zero attached hydrogens (tertiary/aromatic N) is 1. The van der Waals surface area contributed by atoms with Crippen LogP contribution in [0.3, 0.4) is 0 Å². The minimum Gasteiger partial charge on any atom is -0.497 e. The van der Waals surface area contributed by atoms with Crippen LogP contribution in [0, 0.1) is 0 Å². The molecule has 0 saturated heterocycles. The van der Waals surface area contributed by atoms with Crippen molar-refractivity contribution in [1.29, 1.82) is 0 Å². The highest BCUT2D eigenvalue weighted by molar-refractivity contribution is 6.36. The molecule has 31 heavy (non-hydrogen) atoms. The summed E-state index contributed by atoms with van der Waals surface area (Å²) in [6, 6.07) is 9.72. The highest BCUT2D eigenvalue weighted by Gasteiger charge is 2.14. The number of carbonyl (C=O) groups excluding carboxylic acids is 2. The SMILES string of the molecule is COc1cc(OC)cc(C(=O)NNC(=O)CCc2ncc(-c3ccc(Cl)cc3Cl)o2)c1. The molecule has 0 unspecified atom stereocenters. The van der Waals surface area contributed by atoms with Gasteiger partial charge in [0.2, 0.25) is 5.91 Å². The molecule has 0 atom stereocenters. The van der Waals surface area contributed by atoms with E-state index in [9.17, 15) is 9.59 Å². The maximum Gasteiger partial charge on any atom is 0.269 e. The van der Waals surface area contributed by atoms with Crippen LogP contribution in [0.4, 0.5) is 0 Å². The van der Waals surface area contributed by atoms with Gasteiger partial charge in [0, 0.05) is 35.1 Å². The highest BCUT2D eigenvalue weighted by atomic mass is 35.5. The molecule has 0 radical (unpaired) electrons. The van der Waals surface area contributed by atoms with Gasteiger partial charge in [-0.2, -0.15) is 0 Å². The molecule has 1 heterocycles. The lowest BCUT2D eigenvalue weighted by Gasteiger charge is -2.10. The number of ether oxygens (including phenoxy) is 2. The number of amides is 2. The van der Waals surface area contributed by atoms with E-state index in [0.29, 0.717) is 38.8 Å².